The van der Waals surface area contributed by atoms with Crippen LogP contribution in [0.1, 0.15) is 10.4 Å². The molecular formula is C13H9F3N2O. The molecule has 3 nitrogen and oxygen atoms in total. The summed E-state index contributed by atoms with van der Waals surface area (Å²) < 4.78 is 38.8. The smallest absolute Gasteiger partial charge is 0.255 e. The third-order valence-corrected chi connectivity index (χ3v) is 2.45. The minimum absolute atomic E-state index is 0.303. The molecule has 0 aliphatic heterocycles. The van der Waals surface area contributed by atoms with Crippen molar-refractivity contribution < 1.29 is 18.0 Å². The minimum atomic E-state index is -1.62. The Bertz CT molecular complexity index is 621. The van der Waals surface area contributed by atoms with Gasteiger partial charge in [-0.1, -0.05) is 12.1 Å². The third-order valence-electron chi connectivity index (χ3n) is 2.45. The highest BCUT2D eigenvalue weighted by molar-refractivity contribution is 6.05. The van der Waals surface area contributed by atoms with E-state index in [4.69, 9.17) is 5.73 Å². The van der Waals surface area contributed by atoms with Crippen molar-refractivity contribution in [3.8, 4) is 0 Å². The van der Waals surface area contributed by atoms with Gasteiger partial charge in [0.15, 0.2) is 17.5 Å². The van der Waals surface area contributed by atoms with Gasteiger partial charge in [0.2, 0.25) is 0 Å². The first-order chi connectivity index (χ1) is 8.99. The number of amides is 1. The Morgan fingerprint density at radius 3 is 2.21 bits per heavy atom. The van der Waals surface area contributed by atoms with E-state index in [1.54, 1.807) is 18.2 Å². The van der Waals surface area contributed by atoms with Crippen LogP contribution in [0.5, 0.6) is 0 Å². The molecule has 6 heteroatoms. The lowest BCUT2D eigenvalue weighted by Gasteiger charge is -2.08. The fourth-order valence-corrected chi connectivity index (χ4v) is 1.49. The molecule has 0 bridgehead atoms. The summed E-state index contributed by atoms with van der Waals surface area (Å²) in [6, 6.07) is 7.63. The molecule has 19 heavy (non-hydrogen) atoms. The summed E-state index contributed by atoms with van der Waals surface area (Å²) in [6.45, 7) is 0. The standard InChI is InChI=1S/C13H9F3N2O/c14-8-5-7(6-9(15)12(8)16)13(19)18-11-4-2-1-3-10(11)17/h1-6H,17H2,(H,18,19). The summed E-state index contributed by atoms with van der Waals surface area (Å²) in [5.41, 5.74) is 5.88. The van der Waals surface area contributed by atoms with Crippen LogP contribution in [0.15, 0.2) is 36.4 Å². The summed E-state index contributed by atoms with van der Waals surface area (Å²) in [5.74, 6) is -5.25. The molecule has 0 spiro atoms. The Hall–Kier alpha value is -2.50. The van der Waals surface area contributed by atoms with Gasteiger partial charge in [-0.05, 0) is 24.3 Å². The minimum Gasteiger partial charge on any atom is -0.397 e. The molecule has 0 atom stereocenters. The molecule has 0 saturated heterocycles. The molecule has 2 rings (SSSR count). The monoisotopic (exact) mass is 266 g/mol. The number of para-hydroxylation sites is 2. The number of carbonyl (C=O) groups excluding carboxylic acids is 1. The lowest BCUT2D eigenvalue weighted by atomic mass is 10.2. The van der Waals surface area contributed by atoms with Crippen LogP contribution in [0.3, 0.4) is 0 Å². The van der Waals surface area contributed by atoms with Gasteiger partial charge in [-0.25, -0.2) is 13.2 Å². The van der Waals surface area contributed by atoms with Crippen LogP contribution in [0, 0.1) is 17.5 Å². The molecule has 2 aromatic rings. The van der Waals surface area contributed by atoms with Gasteiger partial charge >= 0.3 is 0 Å². The summed E-state index contributed by atoms with van der Waals surface area (Å²) in [4.78, 5) is 11.8. The average molecular weight is 266 g/mol. The van der Waals surface area contributed by atoms with E-state index in [0.717, 1.165) is 0 Å². The van der Waals surface area contributed by atoms with Crippen LogP contribution in [0.25, 0.3) is 0 Å². The Labute approximate surface area is 106 Å². The Balaban J connectivity index is 2.28. The van der Waals surface area contributed by atoms with Crippen molar-refractivity contribution in [1.82, 2.24) is 0 Å². The molecule has 0 unspecified atom stereocenters. The molecule has 1 amide bonds. The van der Waals surface area contributed by atoms with Gasteiger partial charge in [-0.3, -0.25) is 4.79 Å². The molecule has 2 aromatic carbocycles. The van der Waals surface area contributed by atoms with E-state index in [9.17, 15) is 18.0 Å². The number of hydrogen-bond donors (Lipinski definition) is 2. The van der Waals surface area contributed by atoms with E-state index < -0.39 is 23.4 Å². The summed E-state index contributed by atoms with van der Waals surface area (Å²) in [5, 5.41) is 2.38. The fraction of sp³-hybridized carbons (Fsp3) is 0. The van der Waals surface area contributed by atoms with Gasteiger partial charge in [-0.15, -0.1) is 0 Å². The highest BCUT2D eigenvalue weighted by Gasteiger charge is 2.15. The van der Waals surface area contributed by atoms with Crippen LogP contribution < -0.4 is 11.1 Å². The van der Waals surface area contributed by atoms with E-state index >= 15 is 0 Å². The van der Waals surface area contributed by atoms with E-state index in [-0.39, 0.29) is 5.56 Å². The topological polar surface area (TPSA) is 55.1 Å². The quantitative estimate of drug-likeness (QED) is 0.648. The highest BCUT2D eigenvalue weighted by Crippen LogP contribution is 2.19. The Morgan fingerprint density at radius 2 is 1.63 bits per heavy atom. The summed E-state index contributed by atoms with van der Waals surface area (Å²) in [6.07, 6.45) is 0. The molecule has 0 saturated carbocycles. The van der Waals surface area contributed by atoms with E-state index in [1.165, 1.54) is 6.07 Å². The molecule has 0 aliphatic carbocycles. The first-order valence-electron chi connectivity index (χ1n) is 5.29. The van der Waals surface area contributed by atoms with Crippen molar-refractivity contribution in [3.05, 3.63) is 59.4 Å². The first-order valence-corrected chi connectivity index (χ1v) is 5.29. The number of carbonyl (C=O) groups is 1. The van der Waals surface area contributed by atoms with E-state index in [0.29, 0.717) is 23.5 Å². The van der Waals surface area contributed by atoms with E-state index in [1.807, 2.05) is 0 Å². The van der Waals surface area contributed by atoms with Crippen molar-refractivity contribution in [1.29, 1.82) is 0 Å². The van der Waals surface area contributed by atoms with Crippen molar-refractivity contribution >= 4 is 17.3 Å². The number of nitrogen functional groups attached to an aromatic ring is 1. The number of anilines is 2. The number of nitrogens with one attached hydrogen (secondary N) is 1. The van der Waals surface area contributed by atoms with Gasteiger partial charge in [0.05, 0.1) is 11.4 Å². The van der Waals surface area contributed by atoms with Gasteiger partial charge in [0.25, 0.3) is 5.91 Å². The molecule has 0 heterocycles. The third kappa shape index (κ3) is 2.67. The number of benzene rings is 2. The summed E-state index contributed by atoms with van der Waals surface area (Å²) >= 11 is 0. The van der Waals surface area contributed by atoms with Gasteiger partial charge < -0.3 is 11.1 Å². The number of rotatable bonds is 2. The lowest BCUT2D eigenvalue weighted by Crippen LogP contribution is -2.14. The second kappa shape index (κ2) is 5.01. The zero-order valence-electron chi connectivity index (χ0n) is 9.58. The molecule has 0 fully saturated rings. The van der Waals surface area contributed by atoms with Crippen LogP contribution >= 0.6 is 0 Å². The van der Waals surface area contributed by atoms with Crippen molar-refractivity contribution in [2.45, 2.75) is 0 Å². The largest absolute Gasteiger partial charge is 0.397 e. The van der Waals surface area contributed by atoms with Crippen molar-refractivity contribution in [2.75, 3.05) is 11.1 Å². The maximum Gasteiger partial charge on any atom is 0.255 e. The average Bonchev–Trinajstić information content (AvgIpc) is 2.38. The van der Waals surface area contributed by atoms with Gasteiger partial charge in [-0.2, -0.15) is 0 Å². The molecule has 3 N–H and O–H groups in total. The Kier molecular flexibility index (Phi) is 3.41. The fourth-order valence-electron chi connectivity index (χ4n) is 1.49. The molecule has 0 aliphatic rings. The van der Waals surface area contributed by atoms with Crippen LogP contribution in [0.4, 0.5) is 24.5 Å². The summed E-state index contributed by atoms with van der Waals surface area (Å²) in [7, 11) is 0. The number of hydrogen-bond acceptors (Lipinski definition) is 2. The second-order valence-electron chi connectivity index (χ2n) is 3.80. The molecule has 0 radical (unpaired) electrons. The highest BCUT2D eigenvalue weighted by atomic mass is 19.2. The predicted molar refractivity (Wildman–Crippen MR) is 65.1 cm³/mol. The molecule has 0 aromatic heterocycles. The van der Waals surface area contributed by atoms with E-state index in [2.05, 4.69) is 5.32 Å². The maximum absolute atomic E-state index is 13.0. The normalized spacial score (nSPS) is 10.3. The van der Waals surface area contributed by atoms with Gasteiger partial charge in [0.1, 0.15) is 0 Å². The zero-order valence-corrected chi connectivity index (χ0v) is 9.58. The lowest BCUT2D eigenvalue weighted by molar-refractivity contribution is 0.102. The second-order valence-corrected chi connectivity index (χ2v) is 3.80. The van der Waals surface area contributed by atoms with Crippen molar-refractivity contribution in [2.24, 2.45) is 0 Å². The van der Waals surface area contributed by atoms with Crippen LogP contribution in [0.2, 0.25) is 0 Å². The molecular weight excluding hydrogens is 257 g/mol. The number of halogens is 3. The first kappa shape index (κ1) is 12.9. The SMILES string of the molecule is Nc1ccccc1NC(=O)c1cc(F)c(F)c(F)c1. The Morgan fingerprint density at radius 1 is 1.05 bits per heavy atom. The zero-order chi connectivity index (χ0) is 14.0. The predicted octanol–water partition coefficient (Wildman–Crippen LogP) is 2.94. The number of nitrogens with two attached hydrogens (primary N) is 1. The van der Waals surface area contributed by atoms with Crippen LogP contribution in [-0.2, 0) is 0 Å². The van der Waals surface area contributed by atoms with Gasteiger partial charge in [0, 0.05) is 5.56 Å². The molecule has 98 valence electrons. The maximum atomic E-state index is 13.0. The van der Waals surface area contributed by atoms with Crippen molar-refractivity contribution in [3.63, 3.8) is 0 Å². The van der Waals surface area contributed by atoms with Crippen LogP contribution in [-0.4, -0.2) is 5.91 Å².